The van der Waals surface area contributed by atoms with Crippen LogP contribution >= 0.6 is 24.0 Å². The number of nitrogens with one attached hydrogen (secondary N) is 2. The van der Waals surface area contributed by atoms with Gasteiger partial charge in [0, 0.05) is 44.5 Å². The smallest absolute Gasteiger partial charge is 0.387 e. The fourth-order valence-corrected chi connectivity index (χ4v) is 2.87. The lowest BCUT2D eigenvalue weighted by atomic mass is 10.1. The molecule has 0 amide bonds. The summed E-state index contributed by atoms with van der Waals surface area (Å²) in [6.45, 7) is -0.00283. The second kappa shape index (κ2) is 10.9. The van der Waals surface area contributed by atoms with Crippen molar-refractivity contribution in [3.63, 3.8) is 0 Å². The molecular formula is C20H24F2IN5O. The lowest BCUT2D eigenvalue weighted by Gasteiger charge is -2.15. The number of imidazole rings is 1. The summed E-state index contributed by atoms with van der Waals surface area (Å²) >= 11 is 0. The third kappa shape index (κ3) is 6.55. The van der Waals surface area contributed by atoms with Crippen LogP contribution in [0, 0.1) is 6.92 Å². The molecule has 2 N–H and O–H groups in total. The summed E-state index contributed by atoms with van der Waals surface area (Å²) in [5.74, 6) is 0.738. The number of fused-ring (bicyclic) bond motifs is 1. The van der Waals surface area contributed by atoms with Crippen molar-refractivity contribution >= 4 is 35.6 Å². The Morgan fingerprint density at radius 2 is 2.07 bits per heavy atom. The first-order valence-electron chi connectivity index (χ1n) is 8.96. The molecule has 0 unspecified atom stereocenters. The third-order valence-corrected chi connectivity index (χ3v) is 4.19. The van der Waals surface area contributed by atoms with Crippen molar-refractivity contribution in [3.8, 4) is 5.75 Å². The summed E-state index contributed by atoms with van der Waals surface area (Å²) in [7, 11) is 1.66. The van der Waals surface area contributed by atoms with Crippen LogP contribution in [0.2, 0.25) is 0 Å². The number of guanidine groups is 1. The molecule has 3 aromatic rings. The maximum atomic E-state index is 12.6. The topological polar surface area (TPSA) is 63.0 Å². The van der Waals surface area contributed by atoms with Gasteiger partial charge in [0.05, 0.1) is 5.69 Å². The Labute approximate surface area is 185 Å². The number of hydrogen-bond donors (Lipinski definition) is 2. The summed E-state index contributed by atoms with van der Waals surface area (Å²) in [5.41, 5.74) is 3.49. The van der Waals surface area contributed by atoms with Gasteiger partial charge in [-0.05, 0) is 25.1 Å². The van der Waals surface area contributed by atoms with Crippen molar-refractivity contribution in [2.45, 2.75) is 26.5 Å². The number of rotatable bonds is 7. The minimum atomic E-state index is -2.86. The Morgan fingerprint density at radius 3 is 2.79 bits per heavy atom. The van der Waals surface area contributed by atoms with E-state index in [-0.39, 0.29) is 29.7 Å². The first-order valence-corrected chi connectivity index (χ1v) is 8.96. The normalized spacial score (nSPS) is 11.4. The second-order valence-corrected chi connectivity index (χ2v) is 6.29. The van der Waals surface area contributed by atoms with Crippen molar-refractivity contribution in [1.29, 1.82) is 0 Å². The summed E-state index contributed by atoms with van der Waals surface area (Å²) in [6.07, 6.45) is 4.68. The summed E-state index contributed by atoms with van der Waals surface area (Å²) in [6, 6.07) is 11.0. The average molecular weight is 515 g/mol. The van der Waals surface area contributed by atoms with Gasteiger partial charge >= 0.3 is 6.61 Å². The maximum absolute atomic E-state index is 12.6. The van der Waals surface area contributed by atoms with Crippen molar-refractivity contribution in [2.75, 3.05) is 13.6 Å². The Bertz CT molecular complexity index is 928. The zero-order valence-corrected chi connectivity index (χ0v) is 18.6. The molecule has 0 saturated carbocycles. The predicted octanol–water partition coefficient (Wildman–Crippen LogP) is 3.77. The highest BCUT2D eigenvalue weighted by molar-refractivity contribution is 14.0. The zero-order chi connectivity index (χ0) is 19.9. The molecule has 0 atom stereocenters. The molecule has 2 heterocycles. The van der Waals surface area contributed by atoms with E-state index < -0.39 is 6.61 Å². The molecule has 0 aliphatic carbocycles. The minimum absolute atomic E-state index is 0. The molecule has 0 bridgehead atoms. The fourth-order valence-electron chi connectivity index (χ4n) is 2.87. The van der Waals surface area contributed by atoms with E-state index in [9.17, 15) is 8.78 Å². The molecule has 156 valence electrons. The quantitative estimate of drug-likeness (QED) is 0.286. The maximum Gasteiger partial charge on any atom is 0.387 e. The van der Waals surface area contributed by atoms with Crippen molar-refractivity contribution in [2.24, 2.45) is 4.99 Å². The van der Waals surface area contributed by atoms with E-state index in [1.807, 2.05) is 48.0 Å². The van der Waals surface area contributed by atoms with Crippen LogP contribution < -0.4 is 15.4 Å². The zero-order valence-electron chi connectivity index (χ0n) is 16.2. The van der Waals surface area contributed by atoms with Gasteiger partial charge in [0.15, 0.2) is 5.96 Å². The first-order chi connectivity index (χ1) is 13.5. The van der Waals surface area contributed by atoms with E-state index in [0.29, 0.717) is 24.6 Å². The van der Waals surface area contributed by atoms with Crippen LogP contribution in [0.15, 0.2) is 53.8 Å². The number of aromatic nitrogens is 2. The van der Waals surface area contributed by atoms with Crippen LogP contribution in [0.4, 0.5) is 8.78 Å². The van der Waals surface area contributed by atoms with Crippen LogP contribution in [0.3, 0.4) is 0 Å². The molecule has 0 fully saturated rings. The highest BCUT2D eigenvalue weighted by atomic mass is 127. The minimum Gasteiger partial charge on any atom is -0.434 e. The number of alkyl halides is 2. The largest absolute Gasteiger partial charge is 0.434 e. The van der Waals surface area contributed by atoms with E-state index in [1.165, 1.54) is 0 Å². The number of benzene rings is 1. The number of hydrogen-bond acceptors (Lipinski definition) is 3. The van der Waals surface area contributed by atoms with Gasteiger partial charge in [-0.15, -0.1) is 24.0 Å². The molecular weight excluding hydrogens is 491 g/mol. The van der Waals surface area contributed by atoms with Crippen LogP contribution in [0.1, 0.15) is 16.8 Å². The summed E-state index contributed by atoms with van der Waals surface area (Å²) < 4.78 is 31.7. The molecule has 0 aliphatic rings. The molecule has 0 radical (unpaired) electrons. The van der Waals surface area contributed by atoms with E-state index in [0.717, 1.165) is 23.3 Å². The van der Waals surface area contributed by atoms with Crippen LogP contribution in [0.5, 0.6) is 5.75 Å². The fraction of sp³-hybridized carbons (Fsp3) is 0.300. The molecule has 2 aromatic heterocycles. The molecule has 1 aromatic carbocycles. The van der Waals surface area contributed by atoms with Gasteiger partial charge in [-0.1, -0.05) is 23.8 Å². The predicted molar refractivity (Wildman–Crippen MR) is 120 cm³/mol. The van der Waals surface area contributed by atoms with Crippen LogP contribution in [-0.2, 0) is 13.0 Å². The van der Waals surface area contributed by atoms with E-state index in [2.05, 4.69) is 25.3 Å². The van der Waals surface area contributed by atoms with Crippen LogP contribution in [0.25, 0.3) is 5.65 Å². The van der Waals surface area contributed by atoms with Crippen molar-refractivity contribution in [3.05, 3.63) is 65.6 Å². The van der Waals surface area contributed by atoms with Crippen LogP contribution in [-0.4, -0.2) is 35.5 Å². The standard InChI is InChI=1S/C20H23F2N5O.HI/c1-14-6-7-17(28-19(21)22)15(11-14)12-25-20(23-2)24-9-8-16-13-27-10-4-3-5-18(27)26-16;/h3-7,10-11,13,19H,8-9,12H2,1-2H3,(H2,23,24,25);1H. The van der Waals surface area contributed by atoms with Gasteiger partial charge < -0.3 is 19.8 Å². The number of nitrogens with zero attached hydrogens (tertiary/aromatic N) is 3. The first kappa shape index (κ1) is 22.9. The average Bonchev–Trinajstić information content (AvgIpc) is 3.08. The van der Waals surface area contributed by atoms with Gasteiger partial charge in [-0.3, -0.25) is 4.99 Å². The molecule has 0 spiro atoms. The number of aliphatic imine (C=N–C) groups is 1. The third-order valence-electron chi connectivity index (χ3n) is 4.19. The van der Waals surface area contributed by atoms with Gasteiger partial charge in [-0.25, -0.2) is 4.98 Å². The van der Waals surface area contributed by atoms with Crippen molar-refractivity contribution in [1.82, 2.24) is 20.0 Å². The monoisotopic (exact) mass is 515 g/mol. The highest BCUT2D eigenvalue weighted by Crippen LogP contribution is 2.21. The number of halogens is 3. The van der Waals surface area contributed by atoms with E-state index in [4.69, 9.17) is 0 Å². The molecule has 3 rings (SSSR count). The Kier molecular flexibility index (Phi) is 8.62. The van der Waals surface area contributed by atoms with E-state index in [1.54, 1.807) is 19.2 Å². The second-order valence-electron chi connectivity index (χ2n) is 6.29. The molecule has 29 heavy (non-hydrogen) atoms. The number of ether oxygens (including phenoxy) is 1. The Morgan fingerprint density at radius 1 is 1.24 bits per heavy atom. The van der Waals surface area contributed by atoms with Gasteiger partial charge in [-0.2, -0.15) is 8.78 Å². The molecule has 6 nitrogen and oxygen atoms in total. The summed E-state index contributed by atoms with van der Waals surface area (Å²) in [5, 5.41) is 6.34. The SMILES string of the molecule is CN=C(NCCc1cn2ccccc2n1)NCc1cc(C)ccc1OC(F)F.I. The number of aryl methyl sites for hydroxylation is 1. The summed E-state index contributed by atoms with van der Waals surface area (Å²) in [4.78, 5) is 8.72. The highest BCUT2D eigenvalue weighted by Gasteiger charge is 2.10. The Balaban J connectivity index is 0.00000300. The molecule has 0 aliphatic heterocycles. The molecule has 9 heteroatoms. The van der Waals surface area contributed by atoms with Gasteiger partial charge in [0.1, 0.15) is 11.4 Å². The van der Waals surface area contributed by atoms with Gasteiger partial charge in [0.25, 0.3) is 0 Å². The number of pyridine rings is 1. The lowest BCUT2D eigenvalue weighted by molar-refractivity contribution is -0.0504. The lowest BCUT2D eigenvalue weighted by Crippen LogP contribution is -2.38. The molecule has 0 saturated heterocycles. The van der Waals surface area contributed by atoms with Crippen molar-refractivity contribution < 1.29 is 13.5 Å². The van der Waals surface area contributed by atoms with Gasteiger partial charge in [0.2, 0.25) is 0 Å². The van der Waals surface area contributed by atoms with E-state index >= 15 is 0 Å². The Hall–Kier alpha value is -2.43.